The van der Waals surface area contributed by atoms with Crippen LogP contribution in [0.25, 0.3) is 31.9 Å². The first-order chi connectivity index (χ1) is 37.6. The summed E-state index contributed by atoms with van der Waals surface area (Å²) in [5.74, 6) is -0.0637. The van der Waals surface area contributed by atoms with Crippen LogP contribution in [0.3, 0.4) is 0 Å². The van der Waals surface area contributed by atoms with Gasteiger partial charge in [-0.1, -0.05) is 31.2 Å². The van der Waals surface area contributed by atoms with Gasteiger partial charge in [-0.25, -0.2) is 22.7 Å². The van der Waals surface area contributed by atoms with E-state index in [1.807, 2.05) is 66.6 Å². The number of piperidine rings is 2. The molecule has 6 fully saturated rings. The van der Waals surface area contributed by atoms with Crippen molar-refractivity contribution in [3.8, 4) is 22.3 Å². The van der Waals surface area contributed by atoms with Crippen molar-refractivity contribution in [2.24, 2.45) is 23.7 Å². The molecular formula is C55H58K2N10O13. The number of ether oxygens (including phenoxy) is 2. The maximum atomic E-state index is 12.5. The first-order valence-electron chi connectivity index (χ1n) is 25.4. The van der Waals surface area contributed by atoms with E-state index in [2.05, 4.69) is 42.3 Å². The first-order valence-corrected chi connectivity index (χ1v) is 25.4. The van der Waals surface area contributed by atoms with Gasteiger partial charge in [-0.3, -0.25) is 43.7 Å². The maximum absolute atomic E-state index is 12.5. The first kappa shape index (κ1) is 62.4. The number of nitrogens with one attached hydrogen (secondary N) is 2. The van der Waals surface area contributed by atoms with Gasteiger partial charge in [-0.2, -0.15) is 0 Å². The molecule has 8 aliphatic rings. The van der Waals surface area contributed by atoms with Crippen LogP contribution in [0.15, 0.2) is 73.1 Å². The molecule has 2 unspecified atom stereocenters. The molecule has 6 aliphatic heterocycles. The second kappa shape index (κ2) is 25.9. The Bertz CT molecular complexity index is 2920. The number of carbonyl (C=O) groups is 7. The summed E-state index contributed by atoms with van der Waals surface area (Å²) < 4.78 is 11.0. The third-order valence-corrected chi connectivity index (χ3v) is 16.3. The topological polar surface area (TPSA) is 282 Å². The Labute approximate surface area is 548 Å². The molecule has 4 aromatic rings. The molecule has 0 radical (unpaired) electrons. The van der Waals surface area contributed by atoms with Gasteiger partial charge in [-0.05, 0) is 71.5 Å². The molecule has 2 aromatic carbocycles. The summed E-state index contributed by atoms with van der Waals surface area (Å²) in [6.07, 6.45) is 3.82. The van der Waals surface area contributed by atoms with Gasteiger partial charge < -0.3 is 61.4 Å². The third kappa shape index (κ3) is 11.3. The number of anilines is 2. The molecule has 12 rings (SSSR count). The molecule has 6 amide bonds. The molecule has 0 spiro atoms. The molecule has 2 aromatic heterocycles. The van der Waals surface area contributed by atoms with Crippen LogP contribution in [0.2, 0.25) is 0 Å². The van der Waals surface area contributed by atoms with E-state index >= 15 is 0 Å². The largest absolute Gasteiger partial charge is 1.00 e. The number of pyridine rings is 2. The number of benzene rings is 2. The summed E-state index contributed by atoms with van der Waals surface area (Å²) in [4.78, 5) is 107. The molecule has 25 heteroatoms. The van der Waals surface area contributed by atoms with Gasteiger partial charge in [0, 0.05) is 77.1 Å². The molecule has 4 N–H and O–H groups in total. The third-order valence-electron chi connectivity index (χ3n) is 16.3. The van der Waals surface area contributed by atoms with Crippen molar-refractivity contribution in [1.82, 2.24) is 30.4 Å². The molecule has 408 valence electrons. The van der Waals surface area contributed by atoms with E-state index in [4.69, 9.17) is 47.9 Å². The number of aromatic nitrogens is 2. The Kier molecular flexibility index (Phi) is 20.2. The number of fused-ring (bicyclic) bond motifs is 8. The van der Waals surface area contributed by atoms with Crippen molar-refractivity contribution in [3.63, 3.8) is 0 Å². The fourth-order valence-corrected chi connectivity index (χ4v) is 12.5. The van der Waals surface area contributed by atoms with Gasteiger partial charge in [0.2, 0.25) is 23.6 Å². The average molecular weight is 1150 g/mol. The number of cyclic esters (lactones) is 2. The normalized spacial score (nSPS) is 26.6. The SMILES string of the molecule is CO.O=CO[O-].[C-]#[N+]C1(c2ccc(-c3ccc4c(c3)C[C@H]3[C@H](CNC(C)=O)OC(=O)N43)cn2)[C@@H]2CN(C(=O)CC)C[C@@H]21.[C-]#[N+]C1(c2ccc(-c3ccc4c(c3)C[C@H]3[C@H](CNC(C)=O)OC(=O)N43)cn2)[C@@H]2CN(C(=O)CO)C[C@@H]21.[H-].[K+].[K+]. The number of carbonyl (C=O) groups excluding carboxylic acids is 7. The minimum absolute atomic E-state index is 0. The zero-order chi connectivity index (χ0) is 55.8. The monoisotopic (exact) mass is 1140 g/mol. The van der Waals surface area contributed by atoms with Crippen molar-refractivity contribution in [2.45, 2.75) is 75.4 Å². The molecule has 4 saturated heterocycles. The van der Waals surface area contributed by atoms with Crippen LogP contribution in [0, 0.1) is 36.8 Å². The van der Waals surface area contributed by atoms with Gasteiger partial charge in [-0.15, -0.1) is 0 Å². The van der Waals surface area contributed by atoms with Gasteiger partial charge in [0.05, 0.1) is 60.2 Å². The number of likely N-dealkylation sites (tertiary alicyclic amines) is 2. The molecule has 8 heterocycles. The quantitative estimate of drug-likeness (QED) is 0.0369. The summed E-state index contributed by atoms with van der Waals surface area (Å²) in [7, 11) is 1.00. The number of hydrogen-bond acceptors (Lipinski definition) is 15. The molecule has 2 saturated carbocycles. The molecular weight excluding hydrogens is 1090 g/mol. The van der Waals surface area contributed by atoms with E-state index in [0.29, 0.717) is 52.0 Å². The van der Waals surface area contributed by atoms with E-state index in [1.165, 1.54) is 13.8 Å². The summed E-state index contributed by atoms with van der Waals surface area (Å²) in [6.45, 7) is 22.6. The molecule has 23 nitrogen and oxygen atoms in total. The fourth-order valence-electron chi connectivity index (χ4n) is 12.5. The summed E-state index contributed by atoms with van der Waals surface area (Å²) in [5, 5.41) is 30.0. The number of aliphatic hydroxyl groups excluding tert-OH is 2. The summed E-state index contributed by atoms with van der Waals surface area (Å²) in [6, 6.07) is 19.4. The van der Waals surface area contributed by atoms with Crippen molar-refractivity contribution >= 4 is 53.7 Å². The summed E-state index contributed by atoms with van der Waals surface area (Å²) >= 11 is 0. The fraction of sp³-hybridized carbons (Fsp3) is 0.436. The zero-order valence-corrected chi connectivity index (χ0v) is 51.4. The van der Waals surface area contributed by atoms with E-state index < -0.39 is 29.9 Å². The van der Waals surface area contributed by atoms with Crippen LogP contribution >= 0.6 is 0 Å². The van der Waals surface area contributed by atoms with Crippen LogP contribution in [0.4, 0.5) is 21.0 Å². The second-order valence-electron chi connectivity index (χ2n) is 20.2. The van der Waals surface area contributed by atoms with Crippen molar-refractivity contribution in [2.75, 3.05) is 62.8 Å². The van der Waals surface area contributed by atoms with E-state index in [9.17, 15) is 28.8 Å². The predicted octanol–water partition coefficient (Wildman–Crippen LogP) is -3.76. The van der Waals surface area contributed by atoms with Gasteiger partial charge in [0.1, 0.15) is 30.2 Å². The molecule has 10 atom stereocenters. The molecule has 0 bridgehead atoms. The van der Waals surface area contributed by atoms with Gasteiger partial charge >= 0.3 is 115 Å². The maximum Gasteiger partial charge on any atom is 1.00 e. The minimum atomic E-state index is -0.698. The van der Waals surface area contributed by atoms with E-state index in [-0.39, 0.29) is 189 Å². The standard InChI is InChI=1S/C27H27N5O4.C26H25N5O5.CH2O3.CH4O.2K.H/c1-4-25(34)31-13-19-20(14-31)27(19,28-3)24-8-6-17(11-30-24)16-5-7-21-18(9-16)10-22-23(12-29-15(2)33)36-26(35)32(21)22;1-14(33)28-10-22-21-8-17-7-15(3-5-20(17)31(21)25(35)36-22)16-4-6-23(29-9-16)26(27-2)18-11-30(12-19(18)26)24(34)13-32;2-1-4-3;1-2;;;/h5-9,11,19-20,22-23H,4,10,12-14H2,1-2H3,(H,29,33);3-7,9,18-19,21-22,32H,8,10-13H2,1H3,(H,28,33);1,3H;2H,1H3;;;/q;;;;2*+1;-1/p-1/t19-,20+,22-,23-,27?;18-,19+,21-,22-,26?;;;;;/m00...../s1. The second-order valence-corrected chi connectivity index (χ2v) is 20.2. The Balaban J connectivity index is 0.000000230. The number of aliphatic hydroxyl groups is 2. The van der Waals surface area contributed by atoms with Crippen molar-refractivity contribution in [1.29, 1.82) is 0 Å². The molecule has 80 heavy (non-hydrogen) atoms. The van der Waals surface area contributed by atoms with Crippen LogP contribution in [-0.2, 0) is 62.3 Å². The van der Waals surface area contributed by atoms with Gasteiger partial charge in [0.15, 0.2) is 0 Å². The Morgan fingerprint density at radius 1 is 0.713 bits per heavy atom. The molecule has 2 aliphatic carbocycles. The Morgan fingerprint density at radius 3 is 1.40 bits per heavy atom. The Hall–Kier alpha value is -5.24. The van der Waals surface area contributed by atoms with Crippen LogP contribution < -0.4 is 128 Å². The number of amides is 6. The van der Waals surface area contributed by atoms with Crippen LogP contribution in [0.1, 0.15) is 51.1 Å². The smallest absolute Gasteiger partial charge is 1.00 e. The number of rotatable bonds is 11. The van der Waals surface area contributed by atoms with Crippen molar-refractivity contribution < 1.29 is 168 Å². The van der Waals surface area contributed by atoms with Gasteiger partial charge in [0.25, 0.3) is 17.6 Å². The zero-order valence-electron chi connectivity index (χ0n) is 46.2. The minimum Gasteiger partial charge on any atom is -1.00 e. The van der Waals surface area contributed by atoms with Crippen molar-refractivity contribution in [3.05, 3.63) is 118 Å². The number of nitrogens with zero attached hydrogens (tertiary/aromatic N) is 8. The van der Waals surface area contributed by atoms with Crippen LogP contribution in [0.5, 0.6) is 0 Å². The Morgan fingerprint density at radius 2 is 1.09 bits per heavy atom. The van der Waals surface area contributed by atoms with E-state index in [1.54, 1.807) is 20.9 Å². The average Bonchev–Trinajstić information content (AvgIpc) is 4.07. The number of hydrogen-bond donors (Lipinski definition) is 4. The van der Waals surface area contributed by atoms with E-state index in [0.717, 1.165) is 63.3 Å². The van der Waals surface area contributed by atoms with Crippen LogP contribution in [-0.4, -0.2) is 150 Å². The summed E-state index contributed by atoms with van der Waals surface area (Å²) in [5.41, 5.74) is 7.76. The predicted molar refractivity (Wildman–Crippen MR) is 275 cm³/mol.